The summed E-state index contributed by atoms with van der Waals surface area (Å²) >= 11 is 5.93. The van der Waals surface area contributed by atoms with Crippen LogP contribution in [0.5, 0.6) is 11.6 Å². The smallest absolute Gasteiger partial charge is 0.260 e. The van der Waals surface area contributed by atoms with E-state index in [0.717, 1.165) is 11.4 Å². The maximum atomic E-state index is 13.9. The molecule has 2 heterocycles. The number of hydrogen-bond donors (Lipinski definition) is 1. The summed E-state index contributed by atoms with van der Waals surface area (Å²) in [5, 5.41) is 10.9. The van der Waals surface area contributed by atoms with Crippen molar-refractivity contribution in [2.75, 3.05) is 5.32 Å². The predicted molar refractivity (Wildman–Crippen MR) is 115 cm³/mol. The van der Waals surface area contributed by atoms with Crippen molar-refractivity contribution in [3.63, 3.8) is 0 Å². The van der Waals surface area contributed by atoms with Crippen LogP contribution in [0.2, 0.25) is 5.02 Å². The van der Waals surface area contributed by atoms with E-state index in [-0.39, 0.29) is 10.6 Å². The average molecular weight is 438 g/mol. The number of nitrogens with zero attached hydrogens (tertiary/aromatic N) is 4. The highest BCUT2D eigenvalue weighted by Gasteiger charge is 2.16. The molecule has 4 aromatic rings. The highest BCUT2D eigenvalue weighted by molar-refractivity contribution is 6.34. The molecule has 0 aliphatic carbocycles. The van der Waals surface area contributed by atoms with E-state index in [9.17, 15) is 9.18 Å². The first-order valence-electron chi connectivity index (χ1n) is 9.30. The lowest BCUT2D eigenvalue weighted by Crippen LogP contribution is -2.14. The number of hydrogen-bond acceptors (Lipinski definition) is 5. The molecule has 0 aliphatic heterocycles. The van der Waals surface area contributed by atoms with Crippen LogP contribution in [0.15, 0.2) is 60.9 Å². The molecule has 1 amide bonds. The minimum absolute atomic E-state index is 0.0421. The van der Waals surface area contributed by atoms with Gasteiger partial charge < -0.3 is 10.1 Å². The second kappa shape index (κ2) is 8.53. The van der Waals surface area contributed by atoms with Crippen LogP contribution >= 0.6 is 11.6 Å². The minimum atomic E-state index is -0.687. The Bertz CT molecular complexity index is 1220. The molecular formula is C22H17ClFN5O2. The number of carbonyl (C=O) groups excluding carboxylic acids is 1. The van der Waals surface area contributed by atoms with E-state index in [2.05, 4.69) is 20.5 Å². The maximum Gasteiger partial charge on any atom is 0.260 e. The Kier molecular flexibility index (Phi) is 5.64. The summed E-state index contributed by atoms with van der Waals surface area (Å²) in [6.45, 7) is 3.88. The average Bonchev–Trinajstić information content (AvgIpc) is 3.08. The number of anilines is 1. The number of benzene rings is 2. The highest BCUT2D eigenvalue weighted by Crippen LogP contribution is 2.24. The molecule has 0 unspecified atom stereocenters. The summed E-state index contributed by atoms with van der Waals surface area (Å²) in [6, 6.07) is 14.1. The summed E-state index contributed by atoms with van der Waals surface area (Å²) in [5.41, 5.74) is 2.16. The van der Waals surface area contributed by atoms with Crippen LogP contribution in [0.25, 0.3) is 5.82 Å². The topological polar surface area (TPSA) is 81.9 Å². The second-order valence-electron chi connectivity index (χ2n) is 6.69. The van der Waals surface area contributed by atoms with Crippen molar-refractivity contribution in [1.82, 2.24) is 19.7 Å². The molecule has 2 aromatic carbocycles. The van der Waals surface area contributed by atoms with Gasteiger partial charge in [0.05, 0.1) is 16.3 Å². The third-order valence-corrected chi connectivity index (χ3v) is 4.96. The summed E-state index contributed by atoms with van der Waals surface area (Å²) in [6.07, 6.45) is 1.69. The number of aromatic nitrogens is 4. The van der Waals surface area contributed by atoms with Gasteiger partial charge in [0.2, 0.25) is 5.88 Å². The van der Waals surface area contributed by atoms with E-state index < -0.39 is 11.7 Å². The molecule has 1 N–H and O–H groups in total. The summed E-state index contributed by atoms with van der Waals surface area (Å²) < 4.78 is 21.4. The van der Waals surface area contributed by atoms with Crippen molar-refractivity contribution < 1.29 is 13.9 Å². The summed E-state index contributed by atoms with van der Waals surface area (Å²) in [4.78, 5) is 16.6. The predicted octanol–water partition coefficient (Wildman–Crippen LogP) is 5.12. The molecule has 2 aromatic heterocycles. The van der Waals surface area contributed by atoms with Gasteiger partial charge in [0.1, 0.15) is 17.9 Å². The quantitative estimate of drug-likeness (QED) is 0.468. The van der Waals surface area contributed by atoms with E-state index in [1.165, 1.54) is 18.2 Å². The fourth-order valence-electron chi connectivity index (χ4n) is 2.86. The van der Waals surface area contributed by atoms with Gasteiger partial charge in [-0.2, -0.15) is 0 Å². The summed E-state index contributed by atoms with van der Waals surface area (Å²) in [5.74, 6) is 0.124. The van der Waals surface area contributed by atoms with Crippen molar-refractivity contribution >= 4 is 23.2 Å². The number of carbonyl (C=O) groups is 1. The highest BCUT2D eigenvalue weighted by atomic mass is 35.5. The van der Waals surface area contributed by atoms with Crippen LogP contribution in [0.3, 0.4) is 0 Å². The van der Waals surface area contributed by atoms with Crippen LogP contribution in [0, 0.1) is 19.7 Å². The third kappa shape index (κ3) is 4.39. The Morgan fingerprint density at radius 1 is 1.06 bits per heavy atom. The minimum Gasteiger partial charge on any atom is -0.438 e. The van der Waals surface area contributed by atoms with Gasteiger partial charge in [-0.05, 0) is 56.3 Å². The maximum absolute atomic E-state index is 13.9. The largest absolute Gasteiger partial charge is 0.438 e. The Balaban J connectivity index is 1.43. The molecule has 0 spiro atoms. The van der Waals surface area contributed by atoms with Gasteiger partial charge in [-0.15, -0.1) is 10.2 Å². The lowest BCUT2D eigenvalue weighted by Gasteiger charge is -2.09. The molecule has 156 valence electrons. The standard InChI is InChI=1S/C22H17ClFN5O2/c1-13-14(2)29(12-25-13)19-10-11-20(28-27-19)31-16-8-6-15(7-9-16)26-22(30)21-17(23)4-3-5-18(21)24/h3-12H,1-2H3,(H,26,30). The monoisotopic (exact) mass is 437 g/mol. The van der Waals surface area contributed by atoms with E-state index in [4.69, 9.17) is 16.3 Å². The number of halogens is 2. The Morgan fingerprint density at radius 2 is 1.84 bits per heavy atom. The third-order valence-electron chi connectivity index (χ3n) is 4.65. The molecule has 0 radical (unpaired) electrons. The number of rotatable bonds is 5. The first-order valence-corrected chi connectivity index (χ1v) is 9.68. The van der Waals surface area contributed by atoms with Gasteiger partial charge in [-0.1, -0.05) is 17.7 Å². The van der Waals surface area contributed by atoms with Crippen molar-refractivity contribution in [3.8, 4) is 17.4 Å². The normalized spacial score (nSPS) is 10.7. The van der Waals surface area contributed by atoms with Gasteiger partial charge >= 0.3 is 0 Å². The SMILES string of the molecule is Cc1ncn(-c2ccc(Oc3ccc(NC(=O)c4c(F)cccc4Cl)cc3)nn2)c1C. The number of nitrogens with one attached hydrogen (secondary N) is 1. The Morgan fingerprint density at radius 3 is 2.45 bits per heavy atom. The zero-order chi connectivity index (χ0) is 22.0. The first kappa shape index (κ1) is 20.5. The van der Waals surface area contributed by atoms with E-state index in [0.29, 0.717) is 23.1 Å². The molecule has 0 atom stereocenters. The van der Waals surface area contributed by atoms with E-state index >= 15 is 0 Å². The van der Waals surface area contributed by atoms with Gasteiger partial charge in [0.15, 0.2) is 5.82 Å². The first-order chi connectivity index (χ1) is 14.9. The molecule has 0 saturated heterocycles. The molecule has 7 nitrogen and oxygen atoms in total. The number of ether oxygens (including phenoxy) is 1. The summed E-state index contributed by atoms with van der Waals surface area (Å²) in [7, 11) is 0. The number of amides is 1. The van der Waals surface area contributed by atoms with E-state index in [1.54, 1.807) is 42.7 Å². The molecule has 31 heavy (non-hydrogen) atoms. The molecule has 0 saturated carbocycles. The molecule has 0 aliphatic rings. The van der Waals surface area contributed by atoms with Crippen molar-refractivity contribution in [3.05, 3.63) is 88.7 Å². The number of imidazole rings is 1. The lowest BCUT2D eigenvalue weighted by atomic mass is 10.2. The van der Waals surface area contributed by atoms with Crippen molar-refractivity contribution in [2.45, 2.75) is 13.8 Å². The van der Waals surface area contributed by atoms with Crippen molar-refractivity contribution in [1.29, 1.82) is 0 Å². The molecule has 9 heteroatoms. The zero-order valence-corrected chi connectivity index (χ0v) is 17.4. The van der Waals surface area contributed by atoms with Crippen molar-refractivity contribution in [2.24, 2.45) is 0 Å². The van der Waals surface area contributed by atoms with Crippen LogP contribution in [0.1, 0.15) is 21.7 Å². The van der Waals surface area contributed by atoms with Gasteiger partial charge in [0, 0.05) is 17.4 Å². The van der Waals surface area contributed by atoms with Crippen LogP contribution in [-0.2, 0) is 0 Å². The number of aryl methyl sites for hydroxylation is 1. The molecule has 4 rings (SSSR count). The molecule has 0 bridgehead atoms. The van der Waals surface area contributed by atoms with Crippen LogP contribution in [0.4, 0.5) is 10.1 Å². The Hall–Kier alpha value is -3.78. The fourth-order valence-corrected chi connectivity index (χ4v) is 3.11. The molecule has 0 fully saturated rings. The van der Waals surface area contributed by atoms with Gasteiger partial charge in [-0.3, -0.25) is 9.36 Å². The van der Waals surface area contributed by atoms with Gasteiger partial charge in [-0.25, -0.2) is 9.37 Å². The van der Waals surface area contributed by atoms with Gasteiger partial charge in [0.25, 0.3) is 5.91 Å². The van der Waals surface area contributed by atoms with E-state index in [1.807, 2.05) is 18.4 Å². The fraction of sp³-hybridized carbons (Fsp3) is 0.0909. The lowest BCUT2D eigenvalue weighted by molar-refractivity contribution is 0.102. The van der Waals surface area contributed by atoms with Crippen LogP contribution in [-0.4, -0.2) is 25.7 Å². The second-order valence-corrected chi connectivity index (χ2v) is 7.10. The zero-order valence-electron chi connectivity index (χ0n) is 16.6. The molecular weight excluding hydrogens is 421 g/mol. The Labute approximate surface area is 182 Å². The van der Waals surface area contributed by atoms with Crippen LogP contribution < -0.4 is 10.1 Å².